The van der Waals surface area contributed by atoms with Gasteiger partial charge in [-0.05, 0) is 26.0 Å². The first-order valence-corrected chi connectivity index (χ1v) is 7.39. The molecule has 3 heteroatoms. The number of rotatable bonds is 4. The molecule has 1 aliphatic rings. The number of piperazine rings is 1. The van der Waals surface area contributed by atoms with Gasteiger partial charge in [0, 0.05) is 36.9 Å². The third-order valence-corrected chi connectivity index (χ3v) is 4.27. The highest BCUT2D eigenvalue weighted by Gasteiger charge is 2.25. The van der Waals surface area contributed by atoms with E-state index in [0.29, 0.717) is 6.04 Å². The van der Waals surface area contributed by atoms with E-state index in [4.69, 9.17) is 0 Å². The van der Waals surface area contributed by atoms with Gasteiger partial charge < -0.3 is 10.0 Å². The van der Waals surface area contributed by atoms with Gasteiger partial charge in [0.15, 0.2) is 0 Å². The summed E-state index contributed by atoms with van der Waals surface area (Å²) in [6.07, 6.45) is 1.59. The van der Waals surface area contributed by atoms with E-state index in [9.17, 15) is 5.11 Å². The molecule has 0 saturated carbocycles. The van der Waals surface area contributed by atoms with E-state index >= 15 is 0 Å². The van der Waals surface area contributed by atoms with E-state index in [0.717, 1.165) is 31.6 Å². The second-order valence-corrected chi connectivity index (χ2v) is 5.47. The third-order valence-electron chi connectivity index (χ3n) is 4.27. The largest absolute Gasteiger partial charge is 0.388 e. The van der Waals surface area contributed by atoms with Crippen LogP contribution in [0.4, 0.5) is 5.69 Å². The number of hydrogen-bond acceptors (Lipinski definition) is 3. The van der Waals surface area contributed by atoms with Crippen LogP contribution in [0.5, 0.6) is 0 Å². The molecule has 1 aliphatic heterocycles. The van der Waals surface area contributed by atoms with Crippen LogP contribution >= 0.6 is 0 Å². The number of para-hydroxylation sites is 1. The van der Waals surface area contributed by atoms with Crippen LogP contribution in [-0.2, 0) is 0 Å². The molecular formula is C16H26N2O. The van der Waals surface area contributed by atoms with Crippen molar-refractivity contribution >= 4 is 5.69 Å². The Labute approximate surface area is 116 Å². The molecule has 1 fully saturated rings. The predicted molar refractivity (Wildman–Crippen MR) is 80.6 cm³/mol. The predicted octanol–water partition coefficient (Wildman–Crippen LogP) is 2.66. The molecule has 106 valence electrons. The molecule has 0 spiro atoms. The summed E-state index contributed by atoms with van der Waals surface area (Å²) in [7, 11) is 2.21. The third kappa shape index (κ3) is 3.10. The normalized spacial score (nSPS) is 22.5. The minimum Gasteiger partial charge on any atom is -0.388 e. The van der Waals surface area contributed by atoms with Crippen molar-refractivity contribution in [2.45, 2.75) is 38.8 Å². The van der Waals surface area contributed by atoms with Gasteiger partial charge in [0.1, 0.15) is 0 Å². The molecule has 3 nitrogen and oxygen atoms in total. The van der Waals surface area contributed by atoms with Gasteiger partial charge in [0.25, 0.3) is 0 Å². The van der Waals surface area contributed by atoms with Crippen LogP contribution < -0.4 is 4.90 Å². The Morgan fingerprint density at radius 1 is 1.26 bits per heavy atom. The van der Waals surface area contributed by atoms with Crippen LogP contribution in [0.1, 0.15) is 38.4 Å². The zero-order valence-corrected chi connectivity index (χ0v) is 12.3. The fourth-order valence-corrected chi connectivity index (χ4v) is 2.88. The standard InChI is InChI=1S/C16H26N2O/c1-4-13-12-18(11-10-17(13)3)15-9-7-6-8-14(15)16(19)5-2/h6-9,13,16,19H,4-5,10-12H2,1-3H3. The topological polar surface area (TPSA) is 26.7 Å². The molecule has 0 radical (unpaired) electrons. The van der Waals surface area contributed by atoms with Crippen LogP contribution in [0.15, 0.2) is 24.3 Å². The molecular weight excluding hydrogens is 236 g/mol. The van der Waals surface area contributed by atoms with Gasteiger partial charge in [-0.2, -0.15) is 0 Å². The zero-order chi connectivity index (χ0) is 13.8. The highest BCUT2D eigenvalue weighted by Crippen LogP contribution is 2.29. The summed E-state index contributed by atoms with van der Waals surface area (Å²) >= 11 is 0. The van der Waals surface area contributed by atoms with E-state index in [1.54, 1.807) is 0 Å². The Balaban J connectivity index is 2.22. The lowest BCUT2D eigenvalue weighted by Crippen LogP contribution is -2.51. The molecule has 0 aliphatic carbocycles. The van der Waals surface area contributed by atoms with E-state index < -0.39 is 0 Å². The first-order valence-electron chi connectivity index (χ1n) is 7.39. The summed E-state index contributed by atoms with van der Waals surface area (Å²) in [4.78, 5) is 4.87. The first kappa shape index (κ1) is 14.4. The Hall–Kier alpha value is -1.06. The van der Waals surface area contributed by atoms with E-state index in [1.165, 1.54) is 12.1 Å². The minimum atomic E-state index is -0.351. The number of aliphatic hydroxyl groups is 1. The van der Waals surface area contributed by atoms with Crippen molar-refractivity contribution in [2.75, 3.05) is 31.6 Å². The second kappa shape index (κ2) is 6.40. The van der Waals surface area contributed by atoms with Crippen LogP contribution in [0, 0.1) is 0 Å². The second-order valence-electron chi connectivity index (χ2n) is 5.47. The van der Waals surface area contributed by atoms with Gasteiger partial charge in [-0.3, -0.25) is 4.90 Å². The smallest absolute Gasteiger partial charge is 0.0807 e. The van der Waals surface area contributed by atoms with Crippen LogP contribution in [0.2, 0.25) is 0 Å². The lowest BCUT2D eigenvalue weighted by molar-refractivity contribution is 0.172. The summed E-state index contributed by atoms with van der Waals surface area (Å²) < 4.78 is 0. The SMILES string of the molecule is CCC(O)c1ccccc1N1CCN(C)C(CC)C1. The van der Waals surface area contributed by atoms with Gasteiger partial charge in [-0.25, -0.2) is 0 Å². The molecule has 2 atom stereocenters. The molecule has 1 aromatic carbocycles. The fourth-order valence-electron chi connectivity index (χ4n) is 2.88. The van der Waals surface area contributed by atoms with E-state index in [1.807, 2.05) is 13.0 Å². The summed E-state index contributed by atoms with van der Waals surface area (Å²) in [5.74, 6) is 0. The Bertz CT molecular complexity index is 407. The molecule has 0 aromatic heterocycles. The highest BCUT2D eigenvalue weighted by atomic mass is 16.3. The van der Waals surface area contributed by atoms with Crippen LogP contribution in [0.25, 0.3) is 0 Å². The number of nitrogens with zero attached hydrogens (tertiary/aromatic N) is 2. The maximum atomic E-state index is 10.2. The molecule has 0 bridgehead atoms. The fraction of sp³-hybridized carbons (Fsp3) is 0.625. The van der Waals surface area contributed by atoms with Gasteiger partial charge in [0.05, 0.1) is 6.10 Å². The van der Waals surface area contributed by atoms with Crippen molar-refractivity contribution in [2.24, 2.45) is 0 Å². The summed E-state index contributed by atoms with van der Waals surface area (Å²) in [6.45, 7) is 7.47. The van der Waals surface area contributed by atoms with E-state index in [-0.39, 0.29) is 6.10 Å². The molecule has 2 unspecified atom stereocenters. The summed E-state index contributed by atoms with van der Waals surface area (Å²) in [5.41, 5.74) is 2.29. The van der Waals surface area contributed by atoms with Crippen molar-refractivity contribution in [3.8, 4) is 0 Å². The van der Waals surface area contributed by atoms with Gasteiger partial charge >= 0.3 is 0 Å². The number of anilines is 1. The monoisotopic (exact) mass is 262 g/mol. The average molecular weight is 262 g/mol. The van der Waals surface area contributed by atoms with Crippen LogP contribution in [0.3, 0.4) is 0 Å². The number of likely N-dealkylation sites (N-methyl/N-ethyl adjacent to an activating group) is 1. The van der Waals surface area contributed by atoms with Gasteiger partial charge in [-0.15, -0.1) is 0 Å². The van der Waals surface area contributed by atoms with Crippen molar-refractivity contribution in [1.82, 2.24) is 4.90 Å². The number of aliphatic hydroxyl groups excluding tert-OH is 1. The lowest BCUT2D eigenvalue weighted by Gasteiger charge is -2.41. The van der Waals surface area contributed by atoms with Crippen molar-refractivity contribution in [1.29, 1.82) is 0 Å². The maximum Gasteiger partial charge on any atom is 0.0807 e. The molecule has 19 heavy (non-hydrogen) atoms. The van der Waals surface area contributed by atoms with Crippen molar-refractivity contribution < 1.29 is 5.11 Å². The highest BCUT2D eigenvalue weighted by molar-refractivity contribution is 5.55. The Morgan fingerprint density at radius 3 is 2.68 bits per heavy atom. The van der Waals surface area contributed by atoms with Crippen molar-refractivity contribution in [3.05, 3.63) is 29.8 Å². The minimum absolute atomic E-state index is 0.351. The van der Waals surface area contributed by atoms with Gasteiger partial charge in [0.2, 0.25) is 0 Å². The summed E-state index contributed by atoms with van der Waals surface area (Å²) in [5, 5.41) is 10.2. The lowest BCUT2D eigenvalue weighted by atomic mass is 10.0. The quantitative estimate of drug-likeness (QED) is 0.903. The average Bonchev–Trinajstić information content (AvgIpc) is 2.47. The van der Waals surface area contributed by atoms with E-state index in [2.05, 4.69) is 42.0 Å². The Kier molecular flexibility index (Phi) is 4.83. The number of benzene rings is 1. The molecule has 1 heterocycles. The van der Waals surface area contributed by atoms with Gasteiger partial charge in [-0.1, -0.05) is 32.0 Å². The molecule has 2 rings (SSSR count). The first-order chi connectivity index (χ1) is 9.17. The molecule has 0 amide bonds. The maximum absolute atomic E-state index is 10.2. The summed E-state index contributed by atoms with van der Waals surface area (Å²) in [6, 6.07) is 8.90. The van der Waals surface area contributed by atoms with Crippen molar-refractivity contribution in [3.63, 3.8) is 0 Å². The number of hydrogen-bond donors (Lipinski definition) is 1. The molecule has 1 N–H and O–H groups in total. The zero-order valence-electron chi connectivity index (χ0n) is 12.3. The Morgan fingerprint density at radius 2 is 2.00 bits per heavy atom. The molecule has 1 saturated heterocycles. The molecule has 1 aromatic rings. The van der Waals surface area contributed by atoms with Crippen LogP contribution in [-0.4, -0.2) is 42.7 Å².